The Kier molecular flexibility index (Phi) is 5.20. The maximum Gasteiger partial charge on any atom is 0.329 e. The molecule has 9 nitrogen and oxygen atoms in total. The second kappa shape index (κ2) is 6.98. The standard InChI is InChI=1S/C15H23N5O4/c1-18(2)12(21)10-20-9-11(16-17-20)13(22)19(3)15(14(23)24)7-5-4-6-8-15/h9H,4-8,10H2,1-3H3,(H,23,24). The number of aliphatic carboxylic acids is 1. The molecule has 0 spiro atoms. The van der Waals surface area contributed by atoms with Crippen LogP contribution in [0.5, 0.6) is 0 Å². The van der Waals surface area contributed by atoms with Crippen LogP contribution in [0, 0.1) is 0 Å². The van der Waals surface area contributed by atoms with E-state index in [9.17, 15) is 19.5 Å². The van der Waals surface area contributed by atoms with Crippen molar-refractivity contribution in [1.82, 2.24) is 24.8 Å². The van der Waals surface area contributed by atoms with Crippen molar-refractivity contribution in [2.24, 2.45) is 0 Å². The molecule has 0 unspecified atom stereocenters. The van der Waals surface area contributed by atoms with Crippen LogP contribution in [0.15, 0.2) is 6.20 Å². The summed E-state index contributed by atoms with van der Waals surface area (Å²) in [5.41, 5.74) is -1.16. The van der Waals surface area contributed by atoms with Crippen LogP contribution in [-0.2, 0) is 16.1 Å². The summed E-state index contributed by atoms with van der Waals surface area (Å²) in [6.45, 7) is -0.0267. The molecule has 2 rings (SSSR count). The predicted molar refractivity (Wildman–Crippen MR) is 84.3 cm³/mol. The lowest BCUT2D eigenvalue weighted by atomic mass is 9.80. The lowest BCUT2D eigenvalue weighted by Gasteiger charge is -2.40. The van der Waals surface area contributed by atoms with E-state index in [0.717, 1.165) is 19.3 Å². The maximum atomic E-state index is 12.6. The molecule has 1 heterocycles. The van der Waals surface area contributed by atoms with Gasteiger partial charge in [0, 0.05) is 21.1 Å². The van der Waals surface area contributed by atoms with E-state index in [2.05, 4.69) is 10.3 Å². The van der Waals surface area contributed by atoms with E-state index in [1.54, 1.807) is 14.1 Å². The number of rotatable bonds is 5. The van der Waals surface area contributed by atoms with Crippen molar-refractivity contribution in [3.63, 3.8) is 0 Å². The molecule has 1 aliphatic carbocycles. The van der Waals surface area contributed by atoms with Gasteiger partial charge >= 0.3 is 5.97 Å². The summed E-state index contributed by atoms with van der Waals surface area (Å²) in [4.78, 5) is 38.8. The van der Waals surface area contributed by atoms with Gasteiger partial charge in [-0.05, 0) is 12.8 Å². The van der Waals surface area contributed by atoms with Gasteiger partial charge in [0.05, 0.1) is 6.20 Å². The summed E-state index contributed by atoms with van der Waals surface area (Å²) < 4.78 is 1.28. The van der Waals surface area contributed by atoms with E-state index in [1.165, 1.54) is 27.7 Å². The highest BCUT2D eigenvalue weighted by molar-refractivity contribution is 5.96. The molecule has 0 radical (unpaired) electrons. The van der Waals surface area contributed by atoms with Crippen LogP contribution in [0.1, 0.15) is 42.6 Å². The van der Waals surface area contributed by atoms with Crippen molar-refractivity contribution in [1.29, 1.82) is 0 Å². The van der Waals surface area contributed by atoms with Gasteiger partial charge in [-0.2, -0.15) is 0 Å². The summed E-state index contributed by atoms with van der Waals surface area (Å²) in [7, 11) is 4.74. The Morgan fingerprint density at radius 2 is 1.83 bits per heavy atom. The molecule has 0 aliphatic heterocycles. The molecule has 9 heteroatoms. The Balaban J connectivity index is 2.17. The van der Waals surface area contributed by atoms with Crippen molar-refractivity contribution in [3.8, 4) is 0 Å². The molecular weight excluding hydrogens is 314 g/mol. The monoisotopic (exact) mass is 337 g/mol. The van der Waals surface area contributed by atoms with E-state index >= 15 is 0 Å². The van der Waals surface area contributed by atoms with Crippen LogP contribution >= 0.6 is 0 Å². The number of hydrogen-bond donors (Lipinski definition) is 1. The third-order valence-corrected chi connectivity index (χ3v) is 4.58. The zero-order valence-corrected chi connectivity index (χ0v) is 14.2. The molecule has 1 aliphatic rings. The number of hydrogen-bond acceptors (Lipinski definition) is 5. The molecule has 1 saturated carbocycles. The van der Waals surface area contributed by atoms with Crippen molar-refractivity contribution >= 4 is 17.8 Å². The first kappa shape index (κ1) is 17.9. The van der Waals surface area contributed by atoms with Crippen LogP contribution in [-0.4, -0.2) is 74.4 Å². The van der Waals surface area contributed by atoms with Gasteiger partial charge in [-0.15, -0.1) is 5.10 Å². The molecule has 2 amide bonds. The Labute approximate surface area is 140 Å². The minimum atomic E-state index is -1.20. The Morgan fingerprint density at radius 1 is 1.21 bits per heavy atom. The largest absolute Gasteiger partial charge is 0.479 e. The number of carbonyl (C=O) groups is 3. The molecule has 0 bridgehead atoms. The summed E-state index contributed by atoms with van der Waals surface area (Å²) in [5, 5.41) is 17.2. The number of carboxylic acids is 1. The van der Waals surface area contributed by atoms with Crippen molar-refractivity contribution in [3.05, 3.63) is 11.9 Å². The van der Waals surface area contributed by atoms with Gasteiger partial charge in [0.25, 0.3) is 5.91 Å². The van der Waals surface area contributed by atoms with Gasteiger partial charge < -0.3 is 14.9 Å². The normalized spacial score (nSPS) is 16.5. The zero-order chi connectivity index (χ0) is 17.9. The Hall–Kier alpha value is -2.45. The van der Waals surface area contributed by atoms with E-state index in [4.69, 9.17) is 0 Å². The highest BCUT2D eigenvalue weighted by Gasteiger charge is 2.46. The zero-order valence-electron chi connectivity index (χ0n) is 14.2. The van der Waals surface area contributed by atoms with Crippen LogP contribution in [0.4, 0.5) is 0 Å². The van der Waals surface area contributed by atoms with Crippen molar-refractivity contribution in [2.75, 3.05) is 21.1 Å². The van der Waals surface area contributed by atoms with Gasteiger partial charge in [-0.1, -0.05) is 24.5 Å². The van der Waals surface area contributed by atoms with Crippen LogP contribution in [0.3, 0.4) is 0 Å². The molecule has 1 fully saturated rings. The molecule has 1 aromatic rings. The number of amides is 2. The highest BCUT2D eigenvalue weighted by atomic mass is 16.4. The molecule has 24 heavy (non-hydrogen) atoms. The first-order valence-corrected chi connectivity index (χ1v) is 7.90. The molecule has 0 atom stereocenters. The first-order valence-electron chi connectivity index (χ1n) is 7.90. The van der Waals surface area contributed by atoms with E-state index in [0.29, 0.717) is 12.8 Å². The predicted octanol–water partition coefficient (Wildman–Crippen LogP) is 0.226. The van der Waals surface area contributed by atoms with Crippen LogP contribution in [0.25, 0.3) is 0 Å². The number of carbonyl (C=O) groups excluding carboxylic acids is 2. The lowest BCUT2D eigenvalue weighted by molar-refractivity contribution is -0.151. The number of likely N-dealkylation sites (N-methyl/N-ethyl adjacent to an activating group) is 2. The fraction of sp³-hybridized carbons (Fsp3) is 0.667. The highest BCUT2D eigenvalue weighted by Crippen LogP contribution is 2.34. The fourth-order valence-corrected chi connectivity index (χ4v) is 2.95. The van der Waals surface area contributed by atoms with Crippen molar-refractivity contribution < 1.29 is 19.5 Å². The third-order valence-electron chi connectivity index (χ3n) is 4.58. The van der Waals surface area contributed by atoms with Gasteiger partial charge in [-0.25, -0.2) is 9.48 Å². The van der Waals surface area contributed by atoms with E-state index in [-0.39, 0.29) is 18.1 Å². The second-order valence-electron chi connectivity index (χ2n) is 6.35. The molecule has 132 valence electrons. The number of carboxylic acid groups (broad SMARTS) is 1. The third kappa shape index (κ3) is 3.39. The minimum Gasteiger partial charge on any atom is -0.479 e. The summed E-state index contributed by atoms with van der Waals surface area (Å²) >= 11 is 0. The maximum absolute atomic E-state index is 12.6. The van der Waals surface area contributed by atoms with Crippen LogP contribution in [0.2, 0.25) is 0 Å². The summed E-state index contributed by atoms with van der Waals surface area (Å²) in [6, 6.07) is 0. The van der Waals surface area contributed by atoms with E-state index < -0.39 is 17.4 Å². The average molecular weight is 337 g/mol. The summed E-state index contributed by atoms with van der Waals surface area (Å²) in [5.74, 6) is -1.67. The molecule has 0 aromatic carbocycles. The van der Waals surface area contributed by atoms with Crippen LogP contribution < -0.4 is 0 Å². The second-order valence-corrected chi connectivity index (χ2v) is 6.35. The molecule has 1 aromatic heterocycles. The first-order chi connectivity index (χ1) is 11.3. The smallest absolute Gasteiger partial charge is 0.329 e. The van der Waals surface area contributed by atoms with Gasteiger partial charge in [0.15, 0.2) is 5.69 Å². The fourth-order valence-electron chi connectivity index (χ4n) is 2.95. The summed E-state index contributed by atoms with van der Waals surface area (Å²) in [6.07, 6.45) is 4.75. The Bertz CT molecular complexity index is 634. The number of aromatic nitrogens is 3. The quantitative estimate of drug-likeness (QED) is 0.823. The molecular formula is C15H23N5O4. The topological polar surface area (TPSA) is 109 Å². The van der Waals surface area contributed by atoms with Gasteiger partial charge in [-0.3, -0.25) is 9.59 Å². The minimum absolute atomic E-state index is 0.0267. The lowest BCUT2D eigenvalue weighted by Crippen LogP contribution is -2.56. The number of nitrogens with zero attached hydrogens (tertiary/aromatic N) is 5. The van der Waals surface area contributed by atoms with E-state index in [1.807, 2.05) is 0 Å². The Morgan fingerprint density at radius 3 is 2.38 bits per heavy atom. The average Bonchev–Trinajstić information content (AvgIpc) is 3.02. The van der Waals surface area contributed by atoms with Gasteiger partial charge in [0.2, 0.25) is 5.91 Å². The SMILES string of the molecule is CN(C)C(=O)Cn1cc(C(=O)N(C)C2(C(=O)O)CCCCC2)nn1. The molecule has 0 saturated heterocycles. The van der Waals surface area contributed by atoms with Crippen molar-refractivity contribution in [2.45, 2.75) is 44.2 Å². The van der Waals surface area contributed by atoms with Gasteiger partial charge in [0.1, 0.15) is 12.1 Å². The molecule has 1 N–H and O–H groups in total.